The largest absolute Gasteiger partial charge is 0.439 e. The molecule has 0 spiro atoms. The molecule has 0 aliphatic rings. The number of hydrogen-bond acceptors (Lipinski definition) is 3. The van der Waals surface area contributed by atoms with E-state index in [1.807, 2.05) is 31.2 Å². The van der Waals surface area contributed by atoms with Crippen LogP contribution in [0.25, 0.3) is 0 Å². The van der Waals surface area contributed by atoms with E-state index in [2.05, 4.69) is 15.6 Å². The number of amides is 2. The first-order valence-electron chi connectivity index (χ1n) is 5.86. The lowest BCUT2D eigenvalue weighted by Gasteiger charge is -2.07. The minimum Gasteiger partial charge on any atom is -0.439 e. The van der Waals surface area contributed by atoms with Crippen molar-refractivity contribution in [1.82, 2.24) is 10.3 Å². The summed E-state index contributed by atoms with van der Waals surface area (Å²) in [5.41, 5.74) is 1.78. The number of benzene rings is 1. The Morgan fingerprint density at radius 3 is 2.47 bits per heavy atom. The summed E-state index contributed by atoms with van der Waals surface area (Å²) in [5, 5.41) is 5.09. The van der Waals surface area contributed by atoms with Crippen LogP contribution in [0.4, 0.5) is 10.5 Å². The van der Waals surface area contributed by atoms with E-state index in [1.165, 1.54) is 5.56 Å². The Morgan fingerprint density at radius 2 is 1.89 bits per heavy atom. The molecule has 2 aromatic rings. The van der Waals surface area contributed by atoms with Crippen molar-refractivity contribution in [1.29, 1.82) is 0 Å². The van der Waals surface area contributed by atoms with Gasteiger partial charge in [-0.25, -0.2) is 9.78 Å². The van der Waals surface area contributed by atoms with Crippen LogP contribution in [-0.4, -0.2) is 18.1 Å². The van der Waals surface area contributed by atoms with Crippen molar-refractivity contribution >= 4 is 11.7 Å². The van der Waals surface area contributed by atoms with Gasteiger partial charge in [-0.3, -0.25) is 0 Å². The summed E-state index contributed by atoms with van der Waals surface area (Å²) in [6, 6.07) is 10.8. The fourth-order valence-corrected chi connectivity index (χ4v) is 1.44. The number of nitrogens with one attached hydrogen (secondary N) is 2. The van der Waals surface area contributed by atoms with E-state index in [9.17, 15) is 4.79 Å². The molecule has 0 aliphatic heterocycles. The summed E-state index contributed by atoms with van der Waals surface area (Å²) in [6.07, 6.45) is 1.54. The highest BCUT2D eigenvalue weighted by atomic mass is 16.5. The summed E-state index contributed by atoms with van der Waals surface area (Å²) in [4.78, 5) is 15.2. The molecule has 5 nitrogen and oxygen atoms in total. The zero-order valence-corrected chi connectivity index (χ0v) is 10.8. The first-order valence-corrected chi connectivity index (χ1v) is 5.86. The Bertz CT molecular complexity index is 550. The van der Waals surface area contributed by atoms with E-state index in [1.54, 1.807) is 25.4 Å². The maximum atomic E-state index is 11.1. The molecule has 0 saturated heterocycles. The van der Waals surface area contributed by atoms with Gasteiger partial charge in [-0.2, -0.15) is 0 Å². The van der Waals surface area contributed by atoms with Gasteiger partial charge in [-0.1, -0.05) is 17.7 Å². The molecule has 19 heavy (non-hydrogen) atoms. The highest BCUT2D eigenvalue weighted by Crippen LogP contribution is 2.20. The van der Waals surface area contributed by atoms with Crippen LogP contribution in [0.3, 0.4) is 0 Å². The van der Waals surface area contributed by atoms with Gasteiger partial charge in [0.2, 0.25) is 5.88 Å². The van der Waals surface area contributed by atoms with Gasteiger partial charge in [0, 0.05) is 13.1 Å². The normalized spacial score (nSPS) is 9.79. The molecule has 0 unspecified atom stereocenters. The molecule has 0 atom stereocenters. The van der Waals surface area contributed by atoms with Crippen molar-refractivity contribution in [2.45, 2.75) is 6.92 Å². The van der Waals surface area contributed by atoms with Crippen LogP contribution in [0.1, 0.15) is 5.56 Å². The average molecular weight is 257 g/mol. The zero-order chi connectivity index (χ0) is 13.7. The summed E-state index contributed by atoms with van der Waals surface area (Å²) in [7, 11) is 1.55. The quantitative estimate of drug-likeness (QED) is 0.888. The lowest BCUT2D eigenvalue weighted by atomic mass is 10.2. The second-order valence-electron chi connectivity index (χ2n) is 4.00. The molecule has 0 fully saturated rings. The van der Waals surface area contributed by atoms with Crippen molar-refractivity contribution in [2.24, 2.45) is 0 Å². The van der Waals surface area contributed by atoms with Gasteiger partial charge in [0.1, 0.15) is 5.75 Å². The molecule has 1 aromatic heterocycles. The standard InChI is InChI=1S/C14H15N3O2/c1-10-3-6-12(7-4-10)19-13-8-5-11(9-16-13)17-14(18)15-2/h3-9H,1-2H3,(H2,15,17,18). The van der Waals surface area contributed by atoms with Gasteiger partial charge in [-0.05, 0) is 25.1 Å². The number of aryl methyl sites for hydroxylation is 1. The lowest BCUT2D eigenvalue weighted by Crippen LogP contribution is -2.24. The number of aromatic nitrogens is 1. The highest BCUT2D eigenvalue weighted by Gasteiger charge is 2.01. The lowest BCUT2D eigenvalue weighted by molar-refractivity contribution is 0.254. The van der Waals surface area contributed by atoms with Crippen LogP contribution < -0.4 is 15.4 Å². The van der Waals surface area contributed by atoms with E-state index in [-0.39, 0.29) is 6.03 Å². The Hall–Kier alpha value is -2.56. The fourth-order valence-electron chi connectivity index (χ4n) is 1.44. The van der Waals surface area contributed by atoms with E-state index in [4.69, 9.17) is 4.74 Å². The van der Waals surface area contributed by atoms with E-state index >= 15 is 0 Å². The maximum absolute atomic E-state index is 11.1. The van der Waals surface area contributed by atoms with Gasteiger partial charge in [0.25, 0.3) is 0 Å². The van der Waals surface area contributed by atoms with Crippen LogP contribution in [0.5, 0.6) is 11.6 Å². The van der Waals surface area contributed by atoms with Crippen LogP contribution in [-0.2, 0) is 0 Å². The number of pyridine rings is 1. The van der Waals surface area contributed by atoms with Crippen LogP contribution in [0, 0.1) is 6.92 Å². The Morgan fingerprint density at radius 1 is 1.16 bits per heavy atom. The Kier molecular flexibility index (Phi) is 3.97. The molecule has 0 radical (unpaired) electrons. The van der Waals surface area contributed by atoms with Crippen LogP contribution in [0.15, 0.2) is 42.6 Å². The smallest absolute Gasteiger partial charge is 0.319 e. The molecule has 1 aromatic carbocycles. The molecule has 2 N–H and O–H groups in total. The van der Waals surface area contributed by atoms with Crippen molar-refractivity contribution in [3.63, 3.8) is 0 Å². The first-order chi connectivity index (χ1) is 9.17. The number of hydrogen-bond donors (Lipinski definition) is 2. The summed E-state index contributed by atoms with van der Waals surface area (Å²) in [5.74, 6) is 1.21. The predicted octanol–water partition coefficient (Wildman–Crippen LogP) is 2.93. The van der Waals surface area contributed by atoms with Crippen LogP contribution in [0.2, 0.25) is 0 Å². The third kappa shape index (κ3) is 3.70. The number of carbonyl (C=O) groups is 1. The van der Waals surface area contributed by atoms with Crippen molar-refractivity contribution in [3.05, 3.63) is 48.2 Å². The molecule has 98 valence electrons. The topological polar surface area (TPSA) is 63.2 Å². The molecule has 0 saturated carbocycles. The molecular formula is C14H15N3O2. The Labute approximate surface area is 111 Å². The number of nitrogens with zero attached hydrogens (tertiary/aromatic N) is 1. The first kappa shape index (κ1) is 12.9. The summed E-state index contributed by atoms with van der Waals surface area (Å²) >= 11 is 0. The monoisotopic (exact) mass is 257 g/mol. The summed E-state index contributed by atoms with van der Waals surface area (Å²) in [6.45, 7) is 2.02. The second kappa shape index (κ2) is 5.86. The number of rotatable bonds is 3. The molecule has 1 heterocycles. The zero-order valence-electron chi connectivity index (χ0n) is 10.8. The molecular weight excluding hydrogens is 242 g/mol. The van der Waals surface area contributed by atoms with Gasteiger partial charge in [0.05, 0.1) is 11.9 Å². The van der Waals surface area contributed by atoms with Crippen molar-refractivity contribution in [3.8, 4) is 11.6 Å². The summed E-state index contributed by atoms with van der Waals surface area (Å²) < 4.78 is 5.58. The number of anilines is 1. The third-order valence-electron chi connectivity index (χ3n) is 2.46. The fraction of sp³-hybridized carbons (Fsp3) is 0.143. The van der Waals surface area contributed by atoms with Crippen LogP contribution >= 0.6 is 0 Å². The molecule has 2 amide bonds. The molecule has 0 aliphatic carbocycles. The number of urea groups is 1. The van der Waals surface area contributed by atoms with E-state index < -0.39 is 0 Å². The SMILES string of the molecule is CNC(=O)Nc1ccc(Oc2ccc(C)cc2)nc1. The third-order valence-corrected chi connectivity index (χ3v) is 2.46. The minimum atomic E-state index is -0.283. The van der Waals surface area contributed by atoms with Gasteiger partial charge >= 0.3 is 6.03 Å². The Balaban J connectivity index is 2.02. The van der Waals surface area contributed by atoms with Crippen molar-refractivity contribution in [2.75, 3.05) is 12.4 Å². The number of carbonyl (C=O) groups excluding carboxylic acids is 1. The predicted molar refractivity (Wildman–Crippen MR) is 73.6 cm³/mol. The molecule has 2 rings (SSSR count). The van der Waals surface area contributed by atoms with Gasteiger partial charge in [0.15, 0.2) is 0 Å². The van der Waals surface area contributed by atoms with Gasteiger partial charge in [-0.15, -0.1) is 0 Å². The highest BCUT2D eigenvalue weighted by molar-refractivity contribution is 5.88. The van der Waals surface area contributed by atoms with Gasteiger partial charge < -0.3 is 15.4 Å². The molecule has 5 heteroatoms. The minimum absolute atomic E-state index is 0.283. The number of ether oxygens (including phenoxy) is 1. The van der Waals surface area contributed by atoms with E-state index in [0.29, 0.717) is 11.6 Å². The maximum Gasteiger partial charge on any atom is 0.319 e. The molecule has 0 bridgehead atoms. The average Bonchev–Trinajstić information content (AvgIpc) is 2.43. The van der Waals surface area contributed by atoms with E-state index in [0.717, 1.165) is 5.75 Å². The second-order valence-corrected chi connectivity index (χ2v) is 4.00. The van der Waals surface area contributed by atoms with Crippen molar-refractivity contribution < 1.29 is 9.53 Å².